The van der Waals surface area contributed by atoms with Gasteiger partial charge in [-0.05, 0) is 5.56 Å². The van der Waals surface area contributed by atoms with Gasteiger partial charge in [0.05, 0.1) is 23.8 Å². The lowest BCUT2D eigenvalue weighted by Gasteiger charge is -2.16. The Kier molecular flexibility index (Phi) is 2.87. The molecule has 1 aromatic carbocycles. The molecule has 0 bridgehead atoms. The molecular weight excluding hydrogens is 250 g/mol. The van der Waals surface area contributed by atoms with Crippen molar-refractivity contribution in [3.05, 3.63) is 35.9 Å². The number of hydrogen-bond acceptors (Lipinski definition) is 4. The molecule has 1 N–H and O–H groups in total. The Morgan fingerprint density at radius 2 is 1.94 bits per heavy atom. The van der Waals surface area contributed by atoms with E-state index in [9.17, 15) is 14.7 Å². The van der Waals surface area contributed by atoms with Gasteiger partial charge in [0.15, 0.2) is 0 Å². The minimum absolute atomic E-state index is 0.157. The zero-order chi connectivity index (χ0) is 12.7. The molecule has 0 radical (unpaired) electrons. The van der Waals surface area contributed by atoms with E-state index in [4.69, 9.17) is 0 Å². The fraction of sp³-hybridized carbons (Fsp3) is 0.385. The monoisotopic (exact) mass is 263 g/mol. The lowest BCUT2D eigenvalue weighted by molar-refractivity contribution is -0.140. The lowest BCUT2D eigenvalue weighted by Crippen LogP contribution is -2.33. The summed E-state index contributed by atoms with van der Waals surface area (Å²) in [6, 6.07) is 9.43. The molecule has 2 aliphatic rings. The van der Waals surface area contributed by atoms with Gasteiger partial charge in [-0.25, -0.2) is 0 Å². The minimum atomic E-state index is -0.683. The van der Waals surface area contributed by atoms with Crippen LogP contribution in [0.15, 0.2) is 30.3 Å². The number of aliphatic hydroxyl groups is 1. The fourth-order valence-electron chi connectivity index (χ4n) is 2.49. The first kappa shape index (κ1) is 11.7. The van der Waals surface area contributed by atoms with Crippen LogP contribution in [0.2, 0.25) is 0 Å². The maximum absolute atomic E-state index is 12.1. The molecule has 1 aromatic rings. The maximum atomic E-state index is 12.1. The number of amides is 2. The first-order valence-corrected chi connectivity index (χ1v) is 6.92. The quantitative estimate of drug-likeness (QED) is 0.796. The first-order valence-electron chi connectivity index (χ1n) is 5.87. The van der Waals surface area contributed by atoms with Crippen LogP contribution in [0, 0.1) is 5.92 Å². The molecule has 4 nitrogen and oxygen atoms in total. The Bertz CT molecular complexity index is 490. The molecule has 5 heteroatoms. The van der Waals surface area contributed by atoms with Crippen LogP contribution in [0.5, 0.6) is 0 Å². The predicted molar refractivity (Wildman–Crippen MR) is 67.7 cm³/mol. The van der Waals surface area contributed by atoms with Crippen molar-refractivity contribution in [3.63, 3.8) is 0 Å². The summed E-state index contributed by atoms with van der Waals surface area (Å²) in [5.41, 5.74) is 0.929. The van der Waals surface area contributed by atoms with E-state index >= 15 is 0 Å². The summed E-state index contributed by atoms with van der Waals surface area (Å²) < 4.78 is 0. The van der Waals surface area contributed by atoms with Gasteiger partial charge in [0, 0.05) is 5.75 Å². The zero-order valence-electron chi connectivity index (χ0n) is 9.65. The SMILES string of the molecule is O=C1[C@H]2[C@@H](O)CS[C@H]2C(=O)N1Cc1ccccc1. The average Bonchev–Trinajstić information content (AvgIpc) is 2.87. The topological polar surface area (TPSA) is 57.6 Å². The van der Waals surface area contributed by atoms with E-state index < -0.39 is 12.0 Å². The van der Waals surface area contributed by atoms with E-state index in [1.807, 2.05) is 30.3 Å². The highest BCUT2D eigenvalue weighted by atomic mass is 32.2. The van der Waals surface area contributed by atoms with Gasteiger partial charge >= 0.3 is 0 Å². The first-order chi connectivity index (χ1) is 8.68. The maximum Gasteiger partial charge on any atom is 0.243 e. The van der Waals surface area contributed by atoms with Gasteiger partial charge in [-0.3, -0.25) is 14.5 Å². The van der Waals surface area contributed by atoms with Gasteiger partial charge in [-0.15, -0.1) is 11.8 Å². The molecule has 2 amide bonds. The van der Waals surface area contributed by atoms with Crippen molar-refractivity contribution < 1.29 is 14.7 Å². The molecule has 2 saturated heterocycles. The number of rotatable bonds is 2. The van der Waals surface area contributed by atoms with Crippen LogP contribution in [0.4, 0.5) is 0 Å². The third-order valence-electron chi connectivity index (χ3n) is 3.43. The summed E-state index contributed by atoms with van der Waals surface area (Å²) in [5, 5.41) is 9.37. The van der Waals surface area contributed by atoms with E-state index in [1.54, 1.807) is 0 Å². The van der Waals surface area contributed by atoms with E-state index in [1.165, 1.54) is 16.7 Å². The van der Waals surface area contributed by atoms with Crippen LogP contribution in [-0.4, -0.2) is 38.9 Å². The molecule has 0 saturated carbocycles. The summed E-state index contributed by atoms with van der Waals surface area (Å²) in [5.74, 6) is -0.445. The number of likely N-dealkylation sites (tertiary alicyclic amines) is 1. The summed E-state index contributed by atoms with van der Waals surface area (Å²) in [6.45, 7) is 0.304. The largest absolute Gasteiger partial charge is 0.391 e. The molecule has 0 spiro atoms. The number of nitrogens with zero attached hydrogens (tertiary/aromatic N) is 1. The van der Waals surface area contributed by atoms with Crippen molar-refractivity contribution in [2.45, 2.75) is 17.9 Å². The van der Waals surface area contributed by atoms with Gasteiger partial charge in [0.2, 0.25) is 11.8 Å². The van der Waals surface area contributed by atoms with Crippen molar-refractivity contribution in [2.75, 3.05) is 5.75 Å². The molecular formula is C13H13NO3S. The van der Waals surface area contributed by atoms with Crippen molar-refractivity contribution in [2.24, 2.45) is 5.92 Å². The normalized spacial score (nSPS) is 30.9. The smallest absolute Gasteiger partial charge is 0.243 e. The highest BCUT2D eigenvalue weighted by Gasteiger charge is 2.54. The molecule has 0 unspecified atom stereocenters. The van der Waals surface area contributed by atoms with E-state index in [0.717, 1.165) is 5.56 Å². The Morgan fingerprint density at radius 3 is 2.61 bits per heavy atom. The van der Waals surface area contributed by atoms with Gasteiger partial charge in [-0.2, -0.15) is 0 Å². The third-order valence-corrected chi connectivity index (χ3v) is 4.82. The number of aliphatic hydroxyl groups excluding tert-OH is 1. The van der Waals surface area contributed by atoms with Crippen molar-refractivity contribution in [1.29, 1.82) is 0 Å². The van der Waals surface area contributed by atoms with Crippen LogP contribution in [0.25, 0.3) is 0 Å². The van der Waals surface area contributed by atoms with E-state index in [0.29, 0.717) is 12.3 Å². The van der Waals surface area contributed by atoms with Gasteiger partial charge < -0.3 is 5.11 Å². The van der Waals surface area contributed by atoms with Gasteiger partial charge in [0.25, 0.3) is 0 Å². The van der Waals surface area contributed by atoms with Crippen molar-refractivity contribution in [1.82, 2.24) is 4.90 Å². The van der Waals surface area contributed by atoms with Gasteiger partial charge in [-0.1, -0.05) is 30.3 Å². The Labute approximate surface area is 109 Å². The Morgan fingerprint density at radius 1 is 1.22 bits per heavy atom. The molecule has 18 heavy (non-hydrogen) atoms. The molecule has 2 heterocycles. The van der Waals surface area contributed by atoms with Crippen LogP contribution in [0.1, 0.15) is 5.56 Å². The molecule has 0 aliphatic carbocycles. The van der Waals surface area contributed by atoms with Crippen LogP contribution in [0.3, 0.4) is 0 Å². The standard InChI is InChI=1S/C13H13NO3S/c15-9-7-18-11-10(9)12(16)14(13(11)17)6-8-4-2-1-3-5-8/h1-5,9-11,15H,6-7H2/t9-,10-,11+/m0/s1. The average molecular weight is 263 g/mol. The predicted octanol–water partition coefficient (Wildman–Crippen LogP) is 0.648. The molecule has 0 aromatic heterocycles. The van der Waals surface area contributed by atoms with E-state index in [-0.39, 0.29) is 17.1 Å². The molecule has 94 valence electrons. The number of benzene rings is 1. The summed E-state index contributed by atoms with van der Waals surface area (Å²) in [7, 11) is 0. The second-order valence-corrected chi connectivity index (χ2v) is 5.77. The molecule has 2 fully saturated rings. The van der Waals surface area contributed by atoms with Crippen LogP contribution < -0.4 is 0 Å². The highest BCUT2D eigenvalue weighted by molar-refractivity contribution is 8.01. The second-order valence-electron chi connectivity index (χ2n) is 4.60. The zero-order valence-corrected chi connectivity index (χ0v) is 10.5. The Hall–Kier alpha value is -1.33. The fourth-order valence-corrected chi connectivity index (χ4v) is 3.88. The number of fused-ring (bicyclic) bond motifs is 1. The second kappa shape index (κ2) is 4.40. The minimum Gasteiger partial charge on any atom is -0.391 e. The molecule has 3 rings (SSSR count). The van der Waals surface area contributed by atoms with Crippen LogP contribution >= 0.6 is 11.8 Å². The van der Waals surface area contributed by atoms with E-state index in [2.05, 4.69) is 0 Å². The molecule has 3 atom stereocenters. The number of carbonyl (C=O) groups is 2. The van der Waals surface area contributed by atoms with Gasteiger partial charge in [0.1, 0.15) is 0 Å². The number of imide groups is 1. The summed E-state index contributed by atoms with van der Waals surface area (Å²) in [4.78, 5) is 25.5. The summed E-state index contributed by atoms with van der Waals surface area (Å²) in [6.07, 6.45) is -0.683. The number of carbonyl (C=O) groups excluding carboxylic acids is 2. The van der Waals surface area contributed by atoms with Crippen molar-refractivity contribution in [3.8, 4) is 0 Å². The molecule has 2 aliphatic heterocycles. The summed E-state index contributed by atoms with van der Waals surface area (Å²) >= 11 is 1.39. The van der Waals surface area contributed by atoms with Crippen molar-refractivity contribution >= 4 is 23.6 Å². The Balaban J connectivity index is 1.82. The lowest BCUT2D eigenvalue weighted by atomic mass is 10.0. The number of hydrogen-bond donors (Lipinski definition) is 1. The number of thioether (sulfide) groups is 1. The third kappa shape index (κ3) is 1.74. The van der Waals surface area contributed by atoms with Crippen LogP contribution in [-0.2, 0) is 16.1 Å². The highest BCUT2D eigenvalue weighted by Crippen LogP contribution is 2.40.